The smallest absolute Gasteiger partial charge is 0.475 e. The largest absolute Gasteiger partial charge is 0.490 e. The average molecular weight is 424 g/mol. The van der Waals surface area contributed by atoms with E-state index in [1.165, 1.54) is 0 Å². The predicted octanol–water partition coefficient (Wildman–Crippen LogP) is 3.66. The van der Waals surface area contributed by atoms with Gasteiger partial charge in [-0.25, -0.2) is 9.78 Å². The van der Waals surface area contributed by atoms with Crippen LogP contribution in [-0.4, -0.2) is 28.1 Å². The van der Waals surface area contributed by atoms with E-state index >= 15 is 0 Å². The molecule has 6 nitrogen and oxygen atoms in total. The maximum atomic E-state index is 11.9. The SMILES string of the molecule is NCc1ccnc(NC(=O)Cc2ccc(Cl)c(Cl)c2)c1.O=C(O)C(F)(F)F. The fourth-order valence-corrected chi connectivity index (χ4v) is 2.01. The van der Waals surface area contributed by atoms with Gasteiger partial charge >= 0.3 is 12.1 Å². The van der Waals surface area contributed by atoms with Crippen LogP contribution >= 0.6 is 23.2 Å². The number of halogens is 5. The van der Waals surface area contributed by atoms with Crippen LogP contribution in [0, 0.1) is 0 Å². The first kappa shape index (κ1) is 22.7. The van der Waals surface area contributed by atoms with Gasteiger partial charge in [-0.2, -0.15) is 13.2 Å². The van der Waals surface area contributed by atoms with E-state index in [2.05, 4.69) is 10.3 Å². The molecule has 0 aliphatic carbocycles. The van der Waals surface area contributed by atoms with Gasteiger partial charge in [-0.1, -0.05) is 29.3 Å². The Bertz CT molecular complexity index is 817. The number of nitrogens with one attached hydrogen (secondary N) is 1. The van der Waals surface area contributed by atoms with E-state index < -0.39 is 12.1 Å². The van der Waals surface area contributed by atoms with Gasteiger partial charge in [-0.15, -0.1) is 0 Å². The van der Waals surface area contributed by atoms with Crippen molar-refractivity contribution in [3.63, 3.8) is 0 Å². The summed E-state index contributed by atoms with van der Waals surface area (Å²) in [6.45, 7) is 0.401. The third-order valence-electron chi connectivity index (χ3n) is 2.92. The van der Waals surface area contributed by atoms with Gasteiger partial charge < -0.3 is 16.2 Å². The molecule has 11 heteroatoms. The van der Waals surface area contributed by atoms with Gasteiger partial charge in [0.05, 0.1) is 16.5 Å². The van der Waals surface area contributed by atoms with Crippen molar-refractivity contribution < 1.29 is 27.9 Å². The monoisotopic (exact) mass is 423 g/mol. The van der Waals surface area contributed by atoms with Crippen LogP contribution in [0.25, 0.3) is 0 Å². The summed E-state index contributed by atoms with van der Waals surface area (Å²) < 4.78 is 31.7. The molecule has 1 aromatic carbocycles. The number of pyridine rings is 1. The van der Waals surface area contributed by atoms with Crippen molar-refractivity contribution in [2.24, 2.45) is 5.73 Å². The summed E-state index contributed by atoms with van der Waals surface area (Å²) in [5, 5.41) is 10.7. The van der Waals surface area contributed by atoms with Gasteiger partial charge in [0.1, 0.15) is 5.82 Å². The number of hydrogen-bond donors (Lipinski definition) is 3. The second-order valence-corrected chi connectivity index (χ2v) is 5.84. The number of carbonyl (C=O) groups excluding carboxylic acids is 1. The minimum atomic E-state index is -5.08. The Morgan fingerprint density at radius 2 is 1.74 bits per heavy atom. The highest BCUT2D eigenvalue weighted by Gasteiger charge is 2.38. The van der Waals surface area contributed by atoms with E-state index in [9.17, 15) is 18.0 Å². The minimum Gasteiger partial charge on any atom is -0.475 e. The normalized spacial score (nSPS) is 10.6. The maximum Gasteiger partial charge on any atom is 0.490 e. The number of nitrogens with two attached hydrogens (primary N) is 1. The molecule has 2 aromatic rings. The van der Waals surface area contributed by atoms with Crippen LogP contribution in [0.3, 0.4) is 0 Å². The zero-order valence-electron chi connectivity index (χ0n) is 13.6. The summed E-state index contributed by atoms with van der Waals surface area (Å²) in [4.78, 5) is 24.9. The lowest BCUT2D eigenvalue weighted by Gasteiger charge is -2.06. The molecule has 0 fully saturated rings. The van der Waals surface area contributed by atoms with E-state index in [4.69, 9.17) is 38.8 Å². The average Bonchev–Trinajstić information content (AvgIpc) is 2.58. The molecule has 27 heavy (non-hydrogen) atoms. The number of alkyl halides is 3. The summed E-state index contributed by atoms with van der Waals surface area (Å²) in [6.07, 6.45) is -3.28. The molecule has 146 valence electrons. The summed E-state index contributed by atoms with van der Waals surface area (Å²) in [5.74, 6) is -2.45. The number of hydrogen-bond acceptors (Lipinski definition) is 4. The van der Waals surface area contributed by atoms with Crippen LogP contribution in [0.1, 0.15) is 11.1 Å². The highest BCUT2D eigenvalue weighted by atomic mass is 35.5. The number of rotatable bonds is 4. The summed E-state index contributed by atoms with van der Waals surface area (Å²) in [5.41, 5.74) is 7.23. The van der Waals surface area contributed by atoms with Crippen LogP contribution in [-0.2, 0) is 22.6 Å². The molecule has 0 atom stereocenters. The Morgan fingerprint density at radius 3 is 2.26 bits per heavy atom. The van der Waals surface area contributed by atoms with Crippen molar-refractivity contribution in [3.8, 4) is 0 Å². The molecule has 0 radical (unpaired) electrons. The lowest BCUT2D eigenvalue weighted by Crippen LogP contribution is -2.21. The number of aliphatic carboxylic acids is 1. The van der Waals surface area contributed by atoms with E-state index in [0.717, 1.165) is 11.1 Å². The third-order valence-corrected chi connectivity index (χ3v) is 3.66. The first-order chi connectivity index (χ1) is 12.5. The first-order valence-electron chi connectivity index (χ1n) is 7.21. The molecule has 0 spiro atoms. The summed E-state index contributed by atoms with van der Waals surface area (Å²) in [7, 11) is 0. The van der Waals surface area contributed by atoms with E-state index in [1.807, 2.05) is 0 Å². The molecule has 0 aliphatic heterocycles. The second-order valence-electron chi connectivity index (χ2n) is 5.03. The van der Waals surface area contributed by atoms with Gasteiger partial charge in [0.2, 0.25) is 5.91 Å². The lowest BCUT2D eigenvalue weighted by molar-refractivity contribution is -0.192. The molecule has 2 rings (SSSR count). The lowest BCUT2D eigenvalue weighted by atomic mass is 10.1. The highest BCUT2D eigenvalue weighted by Crippen LogP contribution is 2.23. The number of amides is 1. The number of anilines is 1. The zero-order chi connectivity index (χ0) is 20.6. The number of benzene rings is 1. The number of carboxylic acid groups (broad SMARTS) is 1. The highest BCUT2D eigenvalue weighted by molar-refractivity contribution is 6.42. The van der Waals surface area contributed by atoms with E-state index in [-0.39, 0.29) is 12.3 Å². The standard InChI is InChI=1S/C14H13Cl2N3O.C2HF3O2/c15-11-2-1-9(5-12(11)16)7-14(20)19-13-6-10(8-17)3-4-18-13;3-2(4,5)1(6)7/h1-6H,7-8,17H2,(H,18,19,20);(H,6,7). The Hall–Kier alpha value is -2.36. The third kappa shape index (κ3) is 8.25. The molecule has 0 unspecified atom stereocenters. The number of nitrogens with zero attached hydrogens (tertiary/aromatic N) is 1. The summed E-state index contributed by atoms with van der Waals surface area (Å²) >= 11 is 11.7. The van der Waals surface area contributed by atoms with Crippen molar-refractivity contribution >= 4 is 40.9 Å². The van der Waals surface area contributed by atoms with Crippen molar-refractivity contribution in [3.05, 3.63) is 57.7 Å². The van der Waals surface area contributed by atoms with Crippen molar-refractivity contribution in [2.45, 2.75) is 19.1 Å². The summed E-state index contributed by atoms with van der Waals surface area (Å²) in [6, 6.07) is 8.64. The van der Waals surface area contributed by atoms with Crippen LogP contribution in [0.2, 0.25) is 10.0 Å². The molecular weight excluding hydrogens is 410 g/mol. The topological polar surface area (TPSA) is 105 Å². The minimum absolute atomic E-state index is 0.176. The van der Waals surface area contributed by atoms with Crippen LogP contribution < -0.4 is 11.1 Å². The molecule has 0 saturated heterocycles. The predicted molar refractivity (Wildman–Crippen MR) is 94.6 cm³/mol. The van der Waals surface area contributed by atoms with Gasteiger partial charge in [0, 0.05) is 12.7 Å². The molecule has 4 N–H and O–H groups in total. The zero-order valence-corrected chi connectivity index (χ0v) is 15.1. The fraction of sp³-hybridized carbons (Fsp3) is 0.188. The quantitative estimate of drug-likeness (QED) is 0.695. The number of carbonyl (C=O) groups is 2. The van der Waals surface area contributed by atoms with Crippen LogP contribution in [0.4, 0.5) is 19.0 Å². The maximum absolute atomic E-state index is 11.9. The van der Waals surface area contributed by atoms with Gasteiger partial charge in [-0.05, 0) is 35.4 Å². The molecule has 0 saturated carbocycles. The fourth-order valence-electron chi connectivity index (χ4n) is 1.69. The van der Waals surface area contributed by atoms with Crippen molar-refractivity contribution in [1.82, 2.24) is 4.98 Å². The Labute approximate surface area is 162 Å². The Morgan fingerprint density at radius 1 is 1.11 bits per heavy atom. The van der Waals surface area contributed by atoms with Gasteiger partial charge in [-0.3, -0.25) is 4.79 Å². The van der Waals surface area contributed by atoms with Crippen LogP contribution in [0.15, 0.2) is 36.5 Å². The van der Waals surface area contributed by atoms with Gasteiger partial charge in [0.15, 0.2) is 0 Å². The van der Waals surface area contributed by atoms with Crippen molar-refractivity contribution in [1.29, 1.82) is 0 Å². The number of carboxylic acids is 1. The van der Waals surface area contributed by atoms with E-state index in [0.29, 0.717) is 22.4 Å². The molecule has 1 heterocycles. The molecule has 1 aromatic heterocycles. The molecule has 0 aliphatic rings. The Kier molecular flexibility index (Phi) is 8.48. The molecular formula is C16H14Cl2F3N3O3. The molecule has 1 amide bonds. The van der Waals surface area contributed by atoms with Gasteiger partial charge in [0.25, 0.3) is 0 Å². The first-order valence-corrected chi connectivity index (χ1v) is 7.97. The van der Waals surface area contributed by atoms with Crippen molar-refractivity contribution in [2.75, 3.05) is 5.32 Å². The number of aromatic nitrogens is 1. The molecule has 0 bridgehead atoms. The van der Waals surface area contributed by atoms with Crippen LogP contribution in [0.5, 0.6) is 0 Å². The second kappa shape index (κ2) is 10.1. The Balaban J connectivity index is 0.000000445. The van der Waals surface area contributed by atoms with E-state index in [1.54, 1.807) is 36.5 Å².